The minimum atomic E-state index is -0.243. The summed E-state index contributed by atoms with van der Waals surface area (Å²) in [5, 5.41) is 9.94. The SMILES string of the molecule is CCc1ccc(/C=C(/C#N)c2nc3ccccc3c(=O)[nH]2)cc1. The zero-order valence-corrected chi connectivity index (χ0v) is 12.7. The minimum Gasteiger partial charge on any atom is -0.305 e. The second-order valence-electron chi connectivity index (χ2n) is 5.20. The zero-order valence-electron chi connectivity index (χ0n) is 12.7. The van der Waals surface area contributed by atoms with Crippen LogP contribution in [0.5, 0.6) is 0 Å². The van der Waals surface area contributed by atoms with Crippen molar-refractivity contribution in [1.82, 2.24) is 9.97 Å². The van der Waals surface area contributed by atoms with Gasteiger partial charge in [-0.2, -0.15) is 5.26 Å². The van der Waals surface area contributed by atoms with Gasteiger partial charge in [-0.25, -0.2) is 4.98 Å². The Hall–Kier alpha value is -3.19. The summed E-state index contributed by atoms with van der Waals surface area (Å²) in [6.07, 6.45) is 2.70. The van der Waals surface area contributed by atoms with Crippen molar-refractivity contribution >= 4 is 22.6 Å². The number of allylic oxidation sites excluding steroid dienone is 1. The number of hydrogen-bond acceptors (Lipinski definition) is 3. The van der Waals surface area contributed by atoms with Gasteiger partial charge in [-0.15, -0.1) is 0 Å². The number of aromatic amines is 1. The Bertz CT molecular complexity index is 976. The summed E-state index contributed by atoms with van der Waals surface area (Å²) in [7, 11) is 0. The van der Waals surface area contributed by atoms with Crippen LogP contribution in [0.2, 0.25) is 0 Å². The quantitative estimate of drug-likeness (QED) is 0.752. The molecule has 0 atom stereocenters. The van der Waals surface area contributed by atoms with Crippen LogP contribution in [0.4, 0.5) is 0 Å². The number of hydrogen-bond donors (Lipinski definition) is 1. The maximum atomic E-state index is 12.1. The van der Waals surface area contributed by atoms with E-state index in [1.165, 1.54) is 5.56 Å². The van der Waals surface area contributed by atoms with Gasteiger partial charge in [0.15, 0.2) is 5.82 Å². The molecule has 0 bridgehead atoms. The van der Waals surface area contributed by atoms with Crippen LogP contribution in [0.1, 0.15) is 23.9 Å². The van der Waals surface area contributed by atoms with Crippen LogP contribution in [0.3, 0.4) is 0 Å². The van der Waals surface area contributed by atoms with Gasteiger partial charge in [0, 0.05) is 0 Å². The normalized spacial score (nSPS) is 11.4. The Balaban J connectivity index is 2.08. The summed E-state index contributed by atoms with van der Waals surface area (Å²) in [5.74, 6) is 0.288. The third kappa shape index (κ3) is 3.04. The van der Waals surface area contributed by atoms with Crippen molar-refractivity contribution in [3.8, 4) is 6.07 Å². The number of aryl methyl sites for hydroxylation is 1. The van der Waals surface area contributed by atoms with E-state index in [-0.39, 0.29) is 11.4 Å². The van der Waals surface area contributed by atoms with Gasteiger partial charge in [-0.1, -0.05) is 43.3 Å². The van der Waals surface area contributed by atoms with Crippen molar-refractivity contribution in [2.75, 3.05) is 0 Å². The van der Waals surface area contributed by atoms with Crippen molar-refractivity contribution in [3.63, 3.8) is 0 Å². The van der Waals surface area contributed by atoms with Crippen molar-refractivity contribution in [2.24, 2.45) is 0 Å². The molecule has 0 saturated heterocycles. The highest BCUT2D eigenvalue weighted by Crippen LogP contribution is 2.16. The lowest BCUT2D eigenvalue weighted by Crippen LogP contribution is -2.11. The number of aromatic nitrogens is 2. The lowest BCUT2D eigenvalue weighted by atomic mass is 10.1. The summed E-state index contributed by atoms with van der Waals surface area (Å²) in [4.78, 5) is 19.2. The van der Waals surface area contributed by atoms with Crippen LogP contribution in [0.25, 0.3) is 22.6 Å². The first kappa shape index (κ1) is 14.7. The highest BCUT2D eigenvalue weighted by atomic mass is 16.1. The zero-order chi connectivity index (χ0) is 16.2. The highest BCUT2D eigenvalue weighted by Gasteiger charge is 2.08. The summed E-state index contributed by atoms with van der Waals surface area (Å²) < 4.78 is 0. The van der Waals surface area contributed by atoms with Gasteiger partial charge in [0.2, 0.25) is 0 Å². The van der Waals surface area contributed by atoms with E-state index in [0.29, 0.717) is 16.5 Å². The predicted molar refractivity (Wildman–Crippen MR) is 91.7 cm³/mol. The van der Waals surface area contributed by atoms with Gasteiger partial charge >= 0.3 is 0 Å². The Morgan fingerprint density at radius 1 is 1.22 bits per heavy atom. The highest BCUT2D eigenvalue weighted by molar-refractivity contribution is 5.89. The first-order valence-corrected chi connectivity index (χ1v) is 7.41. The molecule has 1 heterocycles. The van der Waals surface area contributed by atoms with E-state index in [4.69, 9.17) is 0 Å². The van der Waals surface area contributed by atoms with Crippen LogP contribution >= 0.6 is 0 Å². The fourth-order valence-electron chi connectivity index (χ4n) is 2.38. The smallest absolute Gasteiger partial charge is 0.259 e. The van der Waals surface area contributed by atoms with E-state index in [2.05, 4.69) is 23.0 Å². The molecule has 3 rings (SSSR count). The van der Waals surface area contributed by atoms with Gasteiger partial charge in [-0.05, 0) is 35.8 Å². The largest absolute Gasteiger partial charge is 0.305 e. The van der Waals surface area contributed by atoms with Gasteiger partial charge in [0.1, 0.15) is 6.07 Å². The average molecular weight is 301 g/mol. The van der Waals surface area contributed by atoms with Crippen molar-refractivity contribution in [3.05, 3.63) is 75.8 Å². The molecular formula is C19H15N3O. The molecule has 2 aromatic carbocycles. The van der Waals surface area contributed by atoms with Crippen LogP contribution in [-0.2, 0) is 6.42 Å². The van der Waals surface area contributed by atoms with Crippen LogP contribution < -0.4 is 5.56 Å². The van der Waals surface area contributed by atoms with Gasteiger partial charge in [-0.3, -0.25) is 4.79 Å². The number of para-hydroxylation sites is 1. The molecule has 23 heavy (non-hydrogen) atoms. The van der Waals surface area contributed by atoms with Crippen LogP contribution in [0.15, 0.2) is 53.3 Å². The second kappa shape index (κ2) is 6.29. The van der Waals surface area contributed by atoms with E-state index < -0.39 is 0 Å². The first-order chi connectivity index (χ1) is 11.2. The third-order valence-electron chi connectivity index (χ3n) is 3.69. The molecule has 1 aromatic heterocycles. The Labute approximate surface area is 133 Å². The minimum absolute atomic E-state index is 0.243. The molecule has 0 saturated carbocycles. The number of nitrogens with zero attached hydrogens (tertiary/aromatic N) is 2. The summed E-state index contributed by atoms with van der Waals surface area (Å²) in [5.41, 5.74) is 2.80. The molecule has 1 N–H and O–H groups in total. The molecule has 0 unspecified atom stereocenters. The molecule has 4 heteroatoms. The third-order valence-corrected chi connectivity index (χ3v) is 3.69. The second-order valence-corrected chi connectivity index (χ2v) is 5.20. The molecule has 4 nitrogen and oxygen atoms in total. The Morgan fingerprint density at radius 3 is 2.65 bits per heavy atom. The lowest BCUT2D eigenvalue weighted by molar-refractivity contribution is 1.13. The Kier molecular flexibility index (Phi) is 4.03. The van der Waals surface area contributed by atoms with Crippen molar-refractivity contribution < 1.29 is 0 Å². The van der Waals surface area contributed by atoms with Gasteiger partial charge in [0.25, 0.3) is 5.56 Å². The van der Waals surface area contributed by atoms with E-state index in [0.717, 1.165) is 12.0 Å². The lowest BCUT2D eigenvalue weighted by Gasteiger charge is -2.02. The summed E-state index contributed by atoms with van der Waals surface area (Å²) in [6, 6.07) is 17.2. The van der Waals surface area contributed by atoms with Gasteiger partial charge in [0.05, 0.1) is 16.5 Å². The number of rotatable bonds is 3. The van der Waals surface area contributed by atoms with Crippen molar-refractivity contribution in [2.45, 2.75) is 13.3 Å². The first-order valence-electron chi connectivity index (χ1n) is 7.41. The monoisotopic (exact) mass is 301 g/mol. The van der Waals surface area contributed by atoms with Crippen LogP contribution in [-0.4, -0.2) is 9.97 Å². The molecule has 0 aliphatic heterocycles. The summed E-state index contributed by atoms with van der Waals surface area (Å²) in [6.45, 7) is 2.09. The maximum absolute atomic E-state index is 12.1. The van der Waals surface area contributed by atoms with Gasteiger partial charge < -0.3 is 4.98 Å². The molecule has 0 fully saturated rings. The number of H-pyrrole nitrogens is 1. The van der Waals surface area contributed by atoms with E-state index >= 15 is 0 Å². The number of benzene rings is 2. The maximum Gasteiger partial charge on any atom is 0.259 e. The topological polar surface area (TPSA) is 69.5 Å². The predicted octanol–water partition coefficient (Wildman–Crippen LogP) is 3.55. The summed E-state index contributed by atoms with van der Waals surface area (Å²) >= 11 is 0. The molecule has 0 aliphatic carbocycles. The number of nitrogens with one attached hydrogen (secondary N) is 1. The standard InChI is InChI=1S/C19H15N3O/c1-2-13-7-9-14(10-8-13)11-15(12-20)18-21-17-6-4-3-5-16(17)19(23)22-18/h3-11H,2H2,1H3,(H,21,22,23)/b15-11-. The fraction of sp³-hybridized carbons (Fsp3) is 0.105. The molecular weight excluding hydrogens is 286 g/mol. The molecule has 112 valence electrons. The molecule has 0 amide bonds. The van der Waals surface area contributed by atoms with Crippen LogP contribution in [0, 0.1) is 11.3 Å². The molecule has 3 aromatic rings. The van der Waals surface area contributed by atoms with Crippen molar-refractivity contribution in [1.29, 1.82) is 5.26 Å². The number of nitriles is 1. The Morgan fingerprint density at radius 2 is 1.96 bits per heavy atom. The molecule has 0 radical (unpaired) electrons. The average Bonchev–Trinajstić information content (AvgIpc) is 2.60. The fourth-order valence-corrected chi connectivity index (χ4v) is 2.38. The number of fused-ring (bicyclic) bond motifs is 1. The van der Waals surface area contributed by atoms with E-state index in [1.54, 1.807) is 24.3 Å². The van der Waals surface area contributed by atoms with E-state index in [1.807, 2.05) is 30.3 Å². The molecule has 0 spiro atoms. The van der Waals surface area contributed by atoms with E-state index in [9.17, 15) is 10.1 Å². The molecule has 0 aliphatic rings.